The van der Waals surface area contributed by atoms with Crippen molar-refractivity contribution in [1.29, 1.82) is 0 Å². The first-order valence-corrected chi connectivity index (χ1v) is 12.8. The van der Waals surface area contributed by atoms with Gasteiger partial charge in [-0.1, -0.05) is 48.9 Å². The fraction of sp³-hybridized carbons (Fsp3) is 0.375. The van der Waals surface area contributed by atoms with Gasteiger partial charge >= 0.3 is 6.03 Å². The molecule has 2 aliphatic heterocycles. The molecule has 9 nitrogen and oxygen atoms in total. The summed E-state index contributed by atoms with van der Waals surface area (Å²) in [5.74, 6) is -1.06. The first-order chi connectivity index (χ1) is 16.2. The number of hydrogen-bond acceptors (Lipinski definition) is 5. The van der Waals surface area contributed by atoms with Crippen LogP contribution < -0.4 is 10.7 Å². The molecule has 2 aliphatic rings. The number of hydrogen-bond donors (Lipinski definition) is 2. The van der Waals surface area contributed by atoms with E-state index in [0.717, 1.165) is 24.8 Å². The van der Waals surface area contributed by atoms with Crippen LogP contribution in [0.15, 0.2) is 59.5 Å². The van der Waals surface area contributed by atoms with Gasteiger partial charge < -0.3 is 5.32 Å². The molecule has 1 atom stereocenters. The Hall–Kier alpha value is -3.24. The molecule has 10 heteroatoms. The van der Waals surface area contributed by atoms with Crippen LogP contribution in [0, 0.1) is 0 Å². The topological polar surface area (TPSA) is 116 Å². The van der Waals surface area contributed by atoms with Crippen molar-refractivity contribution in [3.63, 3.8) is 0 Å². The van der Waals surface area contributed by atoms with Gasteiger partial charge in [-0.25, -0.2) is 13.2 Å². The summed E-state index contributed by atoms with van der Waals surface area (Å²) in [6, 6.07) is 14.6. The van der Waals surface area contributed by atoms with E-state index in [1.807, 2.05) is 6.07 Å². The number of sulfonamides is 1. The summed E-state index contributed by atoms with van der Waals surface area (Å²) in [6.07, 6.45) is 3.14. The molecule has 4 rings (SSSR count). The van der Waals surface area contributed by atoms with Gasteiger partial charge in [-0.15, -0.1) is 0 Å². The van der Waals surface area contributed by atoms with E-state index in [2.05, 4.69) is 10.7 Å². The van der Waals surface area contributed by atoms with Crippen molar-refractivity contribution in [3.8, 4) is 0 Å². The van der Waals surface area contributed by atoms with E-state index in [4.69, 9.17) is 0 Å². The zero-order valence-electron chi connectivity index (χ0n) is 19.0. The lowest BCUT2D eigenvalue weighted by atomic mass is 9.92. The van der Waals surface area contributed by atoms with Crippen molar-refractivity contribution < 1.29 is 22.8 Å². The smallest absolute Gasteiger partial charge is 0.318 e. The lowest BCUT2D eigenvalue weighted by Crippen LogP contribution is -2.48. The molecule has 2 heterocycles. The maximum absolute atomic E-state index is 12.9. The number of hydrazine groups is 1. The van der Waals surface area contributed by atoms with E-state index >= 15 is 0 Å². The highest BCUT2D eigenvalue weighted by molar-refractivity contribution is 7.89. The Labute approximate surface area is 199 Å². The predicted molar refractivity (Wildman–Crippen MR) is 125 cm³/mol. The summed E-state index contributed by atoms with van der Waals surface area (Å²) >= 11 is 0. The summed E-state index contributed by atoms with van der Waals surface area (Å²) < 4.78 is 27.0. The number of urea groups is 1. The average molecular weight is 485 g/mol. The molecular formula is C24H28N4O5S. The lowest BCUT2D eigenvalue weighted by Gasteiger charge is -2.25. The van der Waals surface area contributed by atoms with Gasteiger partial charge in [0.05, 0.1) is 4.90 Å². The van der Waals surface area contributed by atoms with Crippen LogP contribution in [0.1, 0.15) is 43.7 Å². The maximum Gasteiger partial charge on any atom is 0.344 e. The number of carbonyl (C=O) groups excluding carboxylic acids is 3. The Morgan fingerprint density at radius 1 is 1.00 bits per heavy atom. The predicted octanol–water partition coefficient (Wildman–Crippen LogP) is 2.29. The van der Waals surface area contributed by atoms with Gasteiger partial charge in [0, 0.05) is 19.5 Å². The van der Waals surface area contributed by atoms with E-state index in [0.29, 0.717) is 30.1 Å². The summed E-state index contributed by atoms with van der Waals surface area (Å²) in [7, 11) is -3.51. The van der Waals surface area contributed by atoms with E-state index in [1.54, 1.807) is 55.5 Å². The van der Waals surface area contributed by atoms with Gasteiger partial charge in [0.1, 0.15) is 5.54 Å². The Morgan fingerprint density at radius 3 is 2.29 bits per heavy atom. The molecular weight excluding hydrogens is 456 g/mol. The van der Waals surface area contributed by atoms with Gasteiger partial charge in [-0.2, -0.15) is 9.31 Å². The van der Waals surface area contributed by atoms with Crippen LogP contribution in [0.5, 0.6) is 0 Å². The standard InChI is InChI=1S/C24H28N4O5S/c1-24(19-8-4-2-5-9-19)22(30)28(23(31)25-24)26-21(29)15-12-18-10-13-20(14-11-18)34(32,33)27-16-6-3-7-17-27/h2,4-5,8-11,13-14H,3,6-7,12,15-17H2,1H3,(H,25,31)(H,26,29)/t24-/m0/s1. The molecule has 0 radical (unpaired) electrons. The van der Waals surface area contributed by atoms with Crippen molar-refractivity contribution in [2.75, 3.05) is 13.1 Å². The molecule has 0 spiro atoms. The lowest BCUT2D eigenvalue weighted by molar-refractivity contribution is -0.138. The van der Waals surface area contributed by atoms with Gasteiger partial charge in [0.15, 0.2) is 0 Å². The first kappa shape index (κ1) is 23.9. The minimum atomic E-state index is -3.51. The summed E-state index contributed by atoms with van der Waals surface area (Å²) in [6.45, 7) is 2.67. The number of imide groups is 1. The fourth-order valence-corrected chi connectivity index (χ4v) is 5.75. The summed E-state index contributed by atoms with van der Waals surface area (Å²) in [5.41, 5.74) is 2.51. The second kappa shape index (κ2) is 9.55. The minimum Gasteiger partial charge on any atom is -0.318 e. The van der Waals surface area contributed by atoms with Gasteiger partial charge in [-0.05, 0) is 49.4 Å². The highest BCUT2D eigenvalue weighted by atomic mass is 32.2. The van der Waals surface area contributed by atoms with Crippen LogP contribution >= 0.6 is 0 Å². The number of carbonyl (C=O) groups is 3. The number of nitrogens with one attached hydrogen (secondary N) is 2. The molecule has 180 valence electrons. The number of amides is 4. The monoisotopic (exact) mass is 484 g/mol. The second-order valence-electron chi connectivity index (χ2n) is 8.71. The molecule has 0 aromatic heterocycles. The quantitative estimate of drug-likeness (QED) is 0.585. The Kier molecular flexibility index (Phi) is 6.72. The van der Waals surface area contributed by atoms with Crippen molar-refractivity contribution in [3.05, 3.63) is 65.7 Å². The molecule has 0 bridgehead atoms. The summed E-state index contributed by atoms with van der Waals surface area (Å²) in [4.78, 5) is 37.9. The molecule has 0 unspecified atom stereocenters. The van der Waals surface area contributed by atoms with Crippen LogP contribution in [0.4, 0.5) is 4.79 Å². The molecule has 2 N–H and O–H groups in total. The summed E-state index contributed by atoms with van der Waals surface area (Å²) in [5, 5.41) is 3.35. The van der Waals surface area contributed by atoms with E-state index < -0.39 is 33.4 Å². The molecule has 0 aliphatic carbocycles. The molecule has 2 aromatic rings. The molecule has 2 aromatic carbocycles. The van der Waals surface area contributed by atoms with Gasteiger partial charge in [0.2, 0.25) is 15.9 Å². The van der Waals surface area contributed by atoms with Crippen molar-refractivity contribution >= 4 is 27.9 Å². The third-order valence-electron chi connectivity index (χ3n) is 6.30. The molecule has 2 saturated heterocycles. The average Bonchev–Trinajstić information content (AvgIpc) is 3.08. The van der Waals surface area contributed by atoms with E-state index in [1.165, 1.54) is 4.31 Å². The first-order valence-electron chi connectivity index (χ1n) is 11.3. The third-order valence-corrected chi connectivity index (χ3v) is 8.21. The largest absolute Gasteiger partial charge is 0.344 e. The Morgan fingerprint density at radius 2 is 1.65 bits per heavy atom. The highest BCUT2D eigenvalue weighted by Crippen LogP contribution is 2.27. The maximum atomic E-state index is 12.9. The molecule has 0 saturated carbocycles. The van der Waals surface area contributed by atoms with Crippen molar-refractivity contribution in [2.24, 2.45) is 0 Å². The minimum absolute atomic E-state index is 0.0251. The van der Waals surface area contributed by atoms with E-state index in [9.17, 15) is 22.8 Å². The Bertz CT molecular complexity index is 1180. The number of aryl methyl sites for hydroxylation is 1. The van der Waals surface area contributed by atoms with Crippen molar-refractivity contribution in [2.45, 2.75) is 49.5 Å². The number of nitrogens with zero attached hydrogens (tertiary/aromatic N) is 2. The molecule has 4 amide bonds. The van der Waals surface area contributed by atoms with Crippen LogP contribution in [0.25, 0.3) is 0 Å². The molecule has 2 fully saturated rings. The van der Waals surface area contributed by atoms with Gasteiger partial charge in [-0.3, -0.25) is 15.0 Å². The van der Waals surface area contributed by atoms with Crippen LogP contribution in [0.2, 0.25) is 0 Å². The zero-order valence-corrected chi connectivity index (χ0v) is 19.8. The molecule has 34 heavy (non-hydrogen) atoms. The fourth-order valence-electron chi connectivity index (χ4n) is 4.23. The third kappa shape index (κ3) is 4.69. The number of benzene rings is 2. The van der Waals surface area contributed by atoms with Crippen LogP contribution in [-0.2, 0) is 31.6 Å². The van der Waals surface area contributed by atoms with Crippen LogP contribution in [-0.4, -0.2) is 48.7 Å². The number of rotatable bonds is 7. The van der Waals surface area contributed by atoms with E-state index in [-0.39, 0.29) is 11.3 Å². The number of piperidine rings is 1. The SMILES string of the molecule is C[C@@]1(c2ccccc2)NC(=O)N(NC(=O)CCc2ccc(S(=O)(=O)N3CCCCC3)cc2)C1=O. The highest BCUT2D eigenvalue weighted by Gasteiger charge is 2.49. The van der Waals surface area contributed by atoms with Gasteiger partial charge in [0.25, 0.3) is 5.91 Å². The van der Waals surface area contributed by atoms with Crippen molar-refractivity contribution in [1.82, 2.24) is 20.1 Å². The Balaban J connectivity index is 1.34. The normalized spacial score (nSPS) is 21.4. The second-order valence-corrected chi connectivity index (χ2v) is 10.6. The zero-order chi connectivity index (χ0) is 24.3. The van der Waals surface area contributed by atoms with Crippen LogP contribution in [0.3, 0.4) is 0 Å².